The van der Waals surface area contributed by atoms with Gasteiger partial charge in [0.2, 0.25) is 0 Å². The standard InChI is InChI=1S/C58H50N2O2.2W/c1-5-56(61)59-37-47-21-17-43(18-22-47)31-41-9-11-45(12-10-41)33-49-35-52-30-40(4)7-27-53(52)55(36-49)58-51(26-25-50-29-39(3)8-28-54(50)58)34-46-15-13-42(14-16-46)32-44-19-23-48(24-20-44)38-60-57(62)6-2;;/h7-30,35-36H,1-2,31-34,37-38H2,3-4H3,(H,59,61)(H,60,62);;/q-2;;. The first-order chi connectivity index (χ1) is 30.2. The van der Waals surface area contributed by atoms with Crippen molar-refractivity contribution in [1.29, 1.82) is 0 Å². The summed E-state index contributed by atoms with van der Waals surface area (Å²) in [5, 5.41) is 10.6. The molecule has 0 heterocycles. The van der Waals surface area contributed by atoms with Crippen LogP contribution in [-0.2, 0) is 90.5 Å². The van der Waals surface area contributed by atoms with E-state index in [2.05, 4.69) is 208 Å². The van der Waals surface area contributed by atoms with Gasteiger partial charge in [0.25, 0.3) is 0 Å². The molecule has 0 unspecified atom stereocenters. The Morgan fingerprint density at radius 3 is 1.27 bits per heavy atom. The summed E-state index contributed by atoms with van der Waals surface area (Å²) in [4.78, 5) is 23.0. The summed E-state index contributed by atoms with van der Waals surface area (Å²) in [6.45, 7) is 12.1. The van der Waals surface area contributed by atoms with Crippen molar-refractivity contribution in [2.24, 2.45) is 0 Å². The topological polar surface area (TPSA) is 58.2 Å². The van der Waals surface area contributed by atoms with Gasteiger partial charge in [-0.2, -0.15) is 0 Å². The summed E-state index contributed by atoms with van der Waals surface area (Å²) in [5.41, 5.74) is 17.3. The van der Waals surface area contributed by atoms with E-state index in [0.717, 1.165) is 36.8 Å². The predicted molar refractivity (Wildman–Crippen MR) is 255 cm³/mol. The van der Waals surface area contributed by atoms with E-state index in [1.807, 2.05) is 0 Å². The van der Waals surface area contributed by atoms with Crippen LogP contribution in [0.2, 0.25) is 0 Å². The van der Waals surface area contributed by atoms with Gasteiger partial charge in [0.15, 0.2) is 0 Å². The maximum absolute atomic E-state index is 11.5. The Bertz CT molecular complexity index is 2920. The maximum Gasteiger partial charge on any atom is 0.0622 e. The van der Waals surface area contributed by atoms with E-state index in [-0.39, 0.29) is 53.9 Å². The van der Waals surface area contributed by atoms with Crippen LogP contribution in [0.3, 0.4) is 0 Å². The van der Waals surface area contributed by atoms with Crippen LogP contribution in [0.5, 0.6) is 0 Å². The third-order valence-corrected chi connectivity index (χ3v) is 11.6. The zero-order valence-electron chi connectivity index (χ0n) is 36.3. The third-order valence-electron chi connectivity index (χ3n) is 11.6. The van der Waals surface area contributed by atoms with Crippen molar-refractivity contribution in [3.05, 3.63) is 250 Å². The molecule has 0 aliphatic carbocycles. The Morgan fingerprint density at radius 2 is 0.812 bits per heavy atom. The molecule has 0 aromatic heterocycles. The Labute approximate surface area is 406 Å². The number of hydrogen-bond acceptors (Lipinski definition) is 2. The first-order valence-corrected chi connectivity index (χ1v) is 21.2. The molecule has 0 aliphatic rings. The second kappa shape index (κ2) is 22.1. The van der Waals surface area contributed by atoms with E-state index in [4.69, 9.17) is 0 Å². The number of rotatable bonds is 15. The van der Waals surface area contributed by atoms with Gasteiger partial charge in [-0.3, -0.25) is 13.2 Å². The van der Waals surface area contributed by atoms with E-state index >= 15 is 0 Å². The van der Waals surface area contributed by atoms with Crippen LogP contribution in [0.4, 0.5) is 0 Å². The predicted octanol–water partition coefficient (Wildman–Crippen LogP) is 11.8. The first kappa shape index (κ1) is 47.6. The van der Waals surface area contributed by atoms with Gasteiger partial charge < -0.3 is 32.4 Å². The number of amides is 2. The zero-order chi connectivity index (χ0) is 43.0. The van der Waals surface area contributed by atoms with Crippen molar-refractivity contribution < 1.29 is 51.7 Å². The molecule has 4 nitrogen and oxygen atoms in total. The fourth-order valence-electron chi connectivity index (χ4n) is 8.34. The molecule has 8 aromatic rings. The molecule has 0 spiro atoms. The number of hydrogen-bond donors (Lipinski definition) is 2. The Morgan fingerprint density at radius 1 is 0.422 bits per heavy atom. The van der Waals surface area contributed by atoms with E-state index in [0.29, 0.717) is 13.1 Å². The fraction of sp³-hybridized carbons (Fsp3) is 0.138. The molecule has 0 saturated carbocycles. The molecule has 0 radical (unpaired) electrons. The average molecular weight is 1170 g/mol. The molecule has 0 bridgehead atoms. The van der Waals surface area contributed by atoms with Gasteiger partial charge in [0.05, 0.1) is 11.8 Å². The average Bonchev–Trinajstić information content (AvgIpc) is 3.29. The largest absolute Gasteiger partial charge is 0.412 e. The van der Waals surface area contributed by atoms with Crippen molar-refractivity contribution in [2.75, 3.05) is 0 Å². The number of aryl methyl sites for hydroxylation is 2. The van der Waals surface area contributed by atoms with Gasteiger partial charge in [-0.1, -0.05) is 169 Å². The summed E-state index contributed by atoms with van der Waals surface area (Å²) in [6, 6.07) is 57.9. The van der Waals surface area contributed by atoms with Crippen molar-refractivity contribution >= 4 is 33.4 Å². The van der Waals surface area contributed by atoms with Crippen molar-refractivity contribution in [2.45, 2.75) is 52.6 Å². The molecule has 318 valence electrons. The first-order valence-electron chi connectivity index (χ1n) is 21.2. The van der Waals surface area contributed by atoms with Crippen molar-refractivity contribution in [3.8, 4) is 11.1 Å². The maximum atomic E-state index is 11.5. The summed E-state index contributed by atoms with van der Waals surface area (Å²) in [6.07, 6.45) is 8.00. The Balaban J connectivity index is 0.00000340. The molecule has 2 amide bonds. The molecule has 0 fully saturated rings. The smallest absolute Gasteiger partial charge is 0.0622 e. The van der Waals surface area contributed by atoms with Crippen LogP contribution in [0.15, 0.2) is 171 Å². The van der Waals surface area contributed by atoms with Crippen molar-refractivity contribution in [1.82, 2.24) is 10.6 Å². The van der Waals surface area contributed by atoms with Crippen LogP contribution in [0, 0.1) is 26.0 Å². The Hall–Kier alpha value is -5.92. The molecule has 64 heavy (non-hydrogen) atoms. The van der Waals surface area contributed by atoms with E-state index in [1.165, 1.54) is 88.3 Å². The minimum absolute atomic E-state index is 0. The molecule has 0 saturated heterocycles. The van der Waals surface area contributed by atoms with Gasteiger partial charge >= 0.3 is 0 Å². The normalized spacial score (nSPS) is 10.7. The number of fused-ring (bicyclic) bond motifs is 2. The summed E-state index contributed by atoms with van der Waals surface area (Å²) < 4.78 is 0. The molecule has 6 heteroatoms. The Kier molecular flexibility index (Phi) is 16.4. The van der Waals surface area contributed by atoms with Crippen LogP contribution < -0.4 is 10.6 Å². The molecule has 0 atom stereocenters. The van der Waals surface area contributed by atoms with Crippen LogP contribution in [0.25, 0.3) is 32.7 Å². The summed E-state index contributed by atoms with van der Waals surface area (Å²) >= 11 is 0. The number of benzene rings is 8. The van der Waals surface area contributed by atoms with Gasteiger partial charge in [0.1, 0.15) is 0 Å². The second-order valence-corrected chi connectivity index (χ2v) is 16.4. The number of carbonyl (C=O) groups is 2. The third kappa shape index (κ3) is 12.0. The number of carbonyl (C=O) groups excluding carboxylic acids is 2. The zero-order valence-corrected chi connectivity index (χ0v) is 42.2. The fourth-order valence-corrected chi connectivity index (χ4v) is 8.34. The number of nitrogens with one attached hydrogen (secondary N) is 2. The second-order valence-electron chi connectivity index (χ2n) is 16.4. The quantitative estimate of drug-likeness (QED) is 0.0794. The SMILES string of the molecule is C=[C-]C(=O)NCc1ccc(Cc2ccc(Cc3cc(-c4c(Cc5ccc(Cc6ccc(CNC(=O)[C-]=C)cc6)cc5)ccc5cc(C)ccc45)c4ccc(C)cc4c3)cc2)cc1.[W].[W]. The summed E-state index contributed by atoms with van der Waals surface area (Å²) in [7, 11) is 0. The molecule has 2 N–H and O–H groups in total. The van der Waals surface area contributed by atoms with Gasteiger partial charge in [0, 0.05) is 55.2 Å². The van der Waals surface area contributed by atoms with Gasteiger partial charge in [-0.15, -0.1) is 0 Å². The molecule has 8 aromatic carbocycles. The van der Waals surface area contributed by atoms with Gasteiger partial charge in [-0.05, 0) is 128 Å². The minimum Gasteiger partial charge on any atom is -0.412 e. The van der Waals surface area contributed by atoms with Gasteiger partial charge in [-0.25, -0.2) is 0 Å². The van der Waals surface area contributed by atoms with E-state index in [1.54, 1.807) is 0 Å². The molecule has 0 aliphatic heterocycles. The molecular formula is C58H50N2O2W2-2. The van der Waals surface area contributed by atoms with Crippen LogP contribution in [0.1, 0.15) is 66.8 Å². The van der Waals surface area contributed by atoms with E-state index in [9.17, 15) is 9.59 Å². The molecule has 8 rings (SSSR count). The molecular weight excluding hydrogens is 1120 g/mol. The monoisotopic (exact) mass is 1170 g/mol. The van der Waals surface area contributed by atoms with Crippen LogP contribution >= 0.6 is 0 Å². The minimum atomic E-state index is -0.291. The van der Waals surface area contributed by atoms with Crippen molar-refractivity contribution in [3.63, 3.8) is 0 Å². The van der Waals surface area contributed by atoms with Crippen LogP contribution in [-0.4, -0.2) is 11.8 Å². The van der Waals surface area contributed by atoms with E-state index < -0.39 is 0 Å². The summed E-state index contributed by atoms with van der Waals surface area (Å²) in [5.74, 6) is -0.582.